The second kappa shape index (κ2) is 4.28. The Morgan fingerprint density at radius 1 is 1.35 bits per heavy atom. The molecular weight excluding hydrogens is 292 g/mol. The zero-order valence-corrected chi connectivity index (χ0v) is 10.7. The Hall–Kier alpha value is -1.95. The highest BCUT2D eigenvalue weighted by molar-refractivity contribution is 6.31. The summed E-state index contributed by atoms with van der Waals surface area (Å²) in [6.45, 7) is 0. The summed E-state index contributed by atoms with van der Waals surface area (Å²) in [5.41, 5.74) is -1.58. The number of benzene rings is 1. The maximum Gasteiger partial charge on any atom is 0.341 e. The van der Waals surface area contributed by atoms with Crippen molar-refractivity contribution >= 4 is 28.5 Å². The first kappa shape index (κ1) is 13.1. The van der Waals surface area contributed by atoms with Gasteiger partial charge >= 0.3 is 5.97 Å². The fourth-order valence-corrected chi connectivity index (χ4v) is 2.40. The van der Waals surface area contributed by atoms with E-state index in [1.807, 2.05) is 0 Å². The average molecular weight is 300 g/mol. The molecule has 0 unspecified atom stereocenters. The first-order chi connectivity index (χ1) is 9.41. The van der Waals surface area contributed by atoms with Gasteiger partial charge in [0.2, 0.25) is 5.43 Å². The van der Waals surface area contributed by atoms with Crippen LogP contribution in [0.25, 0.3) is 10.9 Å². The smallest absolute Gasteiger partial charge is 0.341 e. The Morgan fingerprint density at radius 2 is 2.00 bits per heavy atom. The zero-order valence-electron chi connectivity index (χ0n) is 9.99. The van der Waals surface area contributed by atoms with Crippen molar-refractivity contribution in [1.29, 1.82) is 0 Å². The number of halogens is 3. The summed E-state index contributed by atoms with van der Waals surface area (Å²) in [7, 11) is 0. The molecule has 1 fully saturated rings. The number of carbonyl (C=O) groups is 1. The molecular formula is C13H8ClF2NO3. The largest absolute Gasteiger partial charge is 0.477 e. The summed E-state index contributed by atoms with van der Waals surface area (Å²) in [6, 6.07) is 0.856. The summed E-state index contributed by atoms with van der Waals surface area (Å²) >= 11 is 5.53. The topological polar surface area (TPSA) is 59.3 Å². The number of aromatic nitrogens is 1. The lowest BCUT2D eigenvalue weighted by molar-refractivity contribution is 0.0695. The van der Waals surface area contributed by atoms with Crippen molar-refractivity contribution in [3.05, 3.63) is 44.7 Å². The van der Waals surface area contributed by atoms with E-state index in [-0.39, 0.29) is 16.9 Å². The molecule has 20 heavy (non-hydrogen) atoms. The summed E-state index contributed by atoms with van der Waals surface area (Å²) < 4.78 is 28.9. The molecule has 0 saturated heterocycles. The van der Waals surface area contributed by atoms with Gasteiger partial charge in [0.25, 0.3) is 0 Å². The van der Waals surface area contributed by atoms with E-state index in [4.69, 9.17) is 16.7 Å². The van der Waals surface area contributed by atoms with Crippen LogP contribution in [0.2, 0.25) is 5.02 Å². The van der Waals surface area contributed by atoms with Gasteiger partial charge in [-0.3, -0.25) is 4.79 Å². The maximum atomic E-state index is 14.1. The lowest BCUT2D eigenvalue weighted by atomic mass is 10.1. The molecule has 3 rings (SSSR count). The van der Waals surface area contributed by atoms with E-state index in [1.165, 1.54) is 4.57 Å². The molecule has 0 radical (unpaired) electrons. The molecule has 1 heterocycles. The molecule has 4 nitrogen and oxygen atoms in total. The summed E-state index contributed by atoms with van der Waals surface area (Å²) in [5, 5.41) is 8.26. The fourth-order valence-electron chi connectivity index (χ4n) is 2.21. The van der Waals surface area contributed by atoms with Gasteiger partial charge in [-0.15, -0.1) is 0 Å². The minimum absolute atomic E-state index is 0.119. The Balaban J connectivity index is 2.52. The van der Waals surface area contributed by atoms with E-state index < -0.39 is 33.6 Å². The Kier molecular flexibility index (Phi) is 2.79. The summed E-state index contributed by atoms with van der Waals surface area (Å²) in [4.78, 5) is 23.1. The van der Waals surface area contributed by atoms with Crippen molar-refractivity contribution in [2.45, 2.75) is 18.9 Å². The predicted octanol–water partition coefficient (Wildman–Crippen LogP) is 2.97. The highest BCUT2D eigenvalue weighted by atomic mass is 35.5. The van der Waals surface area contributed by atoms with Crippen molar-refractivity contribution in [1.82, 2.24) is 4.57 Å². The van der Waals surface area contributed by atoms with Crippen molar-refractivity contribution in [3.8, 4) is 0 Å². The van der Waals surface area contributed by atoms with Gasteiger partial charge in [-0.1, -0.05) is 11.6 Å². The van der Waals surface area contributed by atoms with Gasteiger partial charge in [0.05, 0.1) is 15.9 Å². The Bertz CT molecular complexity index is 812. The maximum absolute atomic E-state index is 14.1. The summed E-state index contributed by atoms with van der Waals surface area (Å²) in [5.74, 6) is -3.88. The van der Waals surface area contributed by atoms with Crippen LogP contribution in [0.5, 0.6) is 0 Å². The number of carboxylic acid groups (broad SMARTS) is 1. The number of rotatable bonds is 2. The van der Waals surface area contributed by atoms with Crippen LogP contribution in [-0.2, 0) is 0 Å². The first-order valence-corrected chi connectivity index (χ1v) is 6.25. The van der Waals surface area contributed by atoms with E-state index in [0.29, 0.717) is 0 Å². The van der Waals surface area contributed by atoms with E-state index in [9.17, 15) is 18.4 Å². The lowest BCUT2D eigenvalue weighted by Crippen LogP contribution is -2.19. The van der Waals surface area contributed by atoms with Gasteiger partial charge in [-0.05, 0) is 18.9 Å². The number of fused-ring (bicyclic) bond motifs is 1. The fraction of sp³-hybridized carbons (Fsp3) is 0.231. The number of carboxylic acids is 1. The van der Waals surface area contributed by atoms with E-state index in [2.05, 4.69) is 0 Å². The van der Waals surface area contributed by atoms with Gasteiger partial charge in [0.1, 0.15) is 5.56 Å². The molecule has 1 N–H and O–H groups in total. The van der Waals surface area contributed by atoms with Crippen LogP contribution in [-0.4, -0.2) is 15.6 Å². The van der Waals surface area contributed by atoms with E-state index in [0.717, 1.165) is 25.1 Å². The Labute approximate surface area is 116 Å². The van der Waals surface area contributed by atoms with Crippen molar-refractivity contribution in [2.24, 2.45) is 0 Å². The monoisotopic (exact) mass is 299 g/mol. The van der Waals surface area contributed by atoms with Gasteiger partial charge in [0, 0.05) is 12.2 Å². The second-order valence-corrected chi connectivity index (χ2v) is 5.11. The second-order valence-electron chi connectivity index (χ2n) is 4.70. The van der Waals surface area contributed by atoms with Gasteiger partial charge in [-0.2, -0.15) is 0 Å². The number of nitrogens with zero attached hydrogens (tertiary/aromatic N) is 1. The third-order valence-electron chi connectivity index (χ3n) is 3.32. The molecule has 0 bridgehead atoms. The number of pyridine rings is 1. The quantitative estimate of drug-likeness (QED) is 0.867. The third kappa shape index (κ3) is 1.79. The molecule has 1 aliphatic carbocycles. The van der Waals surface area contributed by atoms with Gasteiger partial charge < -0.3 is 9.67 Å². The lowest BCUT2D eigenvalue weighted by Gasteiger charge is -2.13. The molecule has 0 atom stereocenters. The predicted molar refractivity (Wildman–Crippen MR) is 68.4 cm³/mol. The van der Waals surface area contributed by atoms with Gasteiger partial charge in [-0.25, -0.2) is 13.6 Å². The number of hydrogen-bond acceptors (Lipinski definition) is 2. The highest BCUT2D eigenvalue weighted by Crippen LogP contribution is 2.38. The van der Waals surface area contributed by atoms with E-state index in [1.54, 1.807) is 0 Å². The van der Waals surface area contributed by atoms with Crippen LogP contribution in [0.15, 0.2) is 17.1 Å². The first-order valence-electron chi connectivity index (χ1n) is 5.87. The van der Waals surface area contributed by atoms with Crippen LogP contribution in [0.1, 0.15) is 29.2 Å². The normalized spacial score (nSPS) is 14.8. The molecule has 1 aromatic heterocycles. The zero-order chi connectivity index (χ0) is 14.6. The molecule has 104 valence electrons. The van der Waals surface area contributed by atoms with Gasteiger partial charge in [0.15, 0.2) is 11.6 Å². The molecule has 0 amide bonds. The van der Waals surface area contributed by atoms with Crippen LogP contribution in [0, 0.1) is 11.6 Å². The molecule has 1 aromatic carbocycles. The SMILES string of the molecule is O=C(O)c1cn(C2CC2)c2c(F)c(F)c(Cl)cc2c1=O. The minimum Gasteiger partial charge on any atom is -0.477 e. The minimum atomic E-state index is -1.41. The average Bonchev–Trinajstić information content (AvgIpc) is 3.21. The van der Waals surface area contributed by atoms with Crippen LogP contribution in [0.3, 0.4) is 0 Å². The van der Waals surface area contributed by atoms with Crippen LogP contribution < -0.4 is 5.43 Å². The standard InChI is InChI=1S/C13H8ClF2NO3/c14-8-3-6-11(10(16)9(8)15)17(5-1-2-5)4-7(12(6)18)13(19)20/h3-5H,1-2H2,(H,19,20). The number of hydrogen-bond donors (Lipinski definition) is 1. The highest BCUT2D eigenvalue weighted by Gasteiger charge is 2.29. The molecule has 0 aliphatic heterocycles. The third-order valence-corrected chi connectivity index (χ3v) is 3.60. The molecule has 1 aliphatic rings. The van der Waals surface area contributed by atoms with Crippen LogP contribution >= 0.6 is 11.6 Å². The van der Waals surface area contributed by atoms with Crippen molar-refractivity contribution < 1.29 is 18.7 Å². The Morgan fingerprint density at radius 3 is 2.55 bits per heavy atom. The molecule has 0 spiro atoms. The molecule has 2 aromatic rings. The molecule has 7 heteroatoms. The van der Waals surface area contributed by atoms with Crippen molar-refractivity contribution in [3.63, 3.8) is 0 Å². The molecule has 1 saturated carbocycles. The van der Waals surface area contributed by atoms with E-state index >= 15 is 0 Å². The summed E-state index contributed by atoms with van der Waals surface area (Å²) in [6.07, 6.45) is 2.52. The van der Waals surface area contributed by atoms with Crippen molar-refractivity contribution in [2.75, 3.05) is 0 Å². The number of aromatic carboxylic acids is 1. The van der Waals surface area contributed by atoms with Crippen LogP contribution in [0.4, 0.5) is 8.78 Å².